The standard InChI is InChI=1S/C23H30N2O3/c1-14(2)13-20(21(26)24-16(4)17-10-6-5-9-15(17)3)25-22(27)18-11-7-8-12-19(18)23(25)28/h5-10,14,16,18-20H,11-13H2,1-4H3,(H,24,26). The lowest BCUT2D eigenvalue weighted by Gasteiger charge is -2.29. The quantitative estimate of drug-likeness (QED) is 0.604. The number of likely N-dealkylation sites (tertiary alicyclic amines) is 1. The number of nitrogens with zero attached hydrogens (tertiary/aromatic N) is 1. The Morgan fingerprint density at radius 3 is 2.18 bits per heavy atom. The second-order valence-corrected chi connectivity index (χ2v) is 8.43. The number of hydrogen-bond acceptors (Lipinski definition) is 3. The van der Waals surface area contributed by atoms with Gasteiger partial charge in [0.15, 0.2) is 0 Å². The molecule has 0 radical (unpaired) electrons. The summed E-state index contributed by atoms with van der Waals surface area (Å²) in [4.78, 5) is 40.4. The minimum Gasteiger partial charge on any atom is -0.348 e. The fourth-order valence-corrected chi connectivity index (χ4v) is 4.37. The van der Waals surface area contributed by atoms with Crippen molar-refractivity contribution in [1.82, 2.24) is 10.2 Å². The zero-order valence-corrected chi connectivity index (χ0v) is 17.1. The molecule has 1 fully saturated rings. The van der Waals surface area contributed by atoms with Crippen LogP contribution in [0.3, 0.4) is 0 Å². The van der Waals surface area contributed by atoms with E-state index in [-0.39, 0.29) is 41.5 Å². The van der Waals surface area contributed by atoms with Crippen LogP contribution in [0.5, 0.6) is 0 Å². The van der Waals surface area contributed by atoms with Gasteiger partial charge < -0.3 is 5.32 Å². The molecule has 2 aliphatic rings. The highest BCUT2D eigenvalue weighted by atomic mass is 16.2. The zero-order valence-electron chi connectivity index (χ0n) is 17.1. The molecule has 0 spiro atoms. The zero-order chi connectivity index (χ0) is 20.4. The molecule has 1 saturated heterocycles. The van der Waals surface area contributed by atoms with E-state index in [9.17, 15) is 14.4 Å². The first-order chi connectivity index (χ1) is 13.3. The number of allylic oxidation sites excluding steroid dienone is 2. The molecule has 0 saturated carbocycles. The smallest absolute Gasteiger partial charge is 0.243 e. The van der Waals surface area contributed by atoms with Gasteiger partial charge in [-0.2, -0.15) is 0 Å². The molecule has 0 bridgehead atoms. The Labute approximate surface area is 167 Å². The fraction of sp³-hybridized carbons (Fsp3) is 0.522. The lowest BCUT2D eigenvalue weighted by molar-refractivity contribution is -0.148. The molecule has 1 aliphatic heterocycles. The Morgan fingerprint density at radius 2 is 1.64 bits per heavy atom. The lowest BCUT2D eigenvalue weighted by Crippen LogP contribution is -2.51. The van der Waals surface area contributed by atoms with Gasteiger partial charge in [0.2, 0.25) is 17.7 Å². The van der Waals surface area contributed by atoms with Crippen LogP contribution in [-0.2, 0) is 14.4 Å². The second kappa shape index (κ2) is 8.29. The molecule has 1 aliphatic carbocycles. The summed E-state index contributed by atoms with van der Waals surface area (Å²) < 4.78 is 0. The molecular weight excluding hydrogens is 352 g/mol. The summed E-state index contributed by atoms with van der Waals surface area (Å²) >= 11 is 0. The van der Waals surface area contributed by atoms with Gasteiger partial charge in [0.25, 0.3) is 0 Å². The highest BCUT2D eigenvalue weighted by Gasteiger charge is 2.51. The number of hydrogen-bond donors (Lipinski definition) is 1. The number of rotatable bonds is 6. The Bertz CT molecular complexity index is 773. The van der Waals surface area contributed by atoms with E-state index in [1.54, 1.807) is 0 Å². The summed E-state index contributed by atoms with van der Waals surface area (Å²) in [6.07, 6.45) is 5.57. The van der Waals surface area contributed by atoms with Crippen molar-refractivity contribution >= 4 is 17.7 Å². The molecular formula is C23H30N2O3. The van der Waals surface area contributed by atoms with E-state index in [0.717, 1.165) is 11.1 Å². The Hall–Kier alpha value is -2.43. The van der Waals surface area contributed by atoms with Gasteiger partial charge >= 0.3 is 0 Å². The number of benzene rings is 1. The van der Waals surface area contributed by atoms with E-state index in [4.69, 9.17) is 0 Å². The molecule has 4 atom stereocenters. The van der Waals surface area contributed by atoms with E-state index in [1.807, 2.05) is 64.1 Å². The number of amides is 3. The Balaban J connectivity index is 1.82. The van der Waals surface area contributed by atoms with Crippen LogP contribution in [0.25, 0.3) is 0 Å². The van der Waals surface area contributed by atoms with Crippen LogP contribution >= 0.6 is 0 Å². The van der Waals surface area contributed by atoms with Crippen molar-refractivity contribution < 1.29 is 14.4 Å². The number of imide groups is 1. The van der Waals surface area contributed by atoms with Gasteiger partial charge in [0, 0.05) is 0 Å². The summed E-state index contributed by atoms with van der Waals surface area (Å²) in [7, 11) is 0. The molecule has 5 nitrogen and oxygen atoms in total. The number of carbonyl (C=O) groups is 3. The number of nitrogens with one attached hydrogen (secondary N) is 1. The minimum absolute atomic E-state index is 0.186. The van der Waals surface area contributed by atoms with Crippen molar-refractivity contribution in [3.63, 3.8) is 0 Å². The molecule has 0 aromatic heterocycles. The minimum atomic E-state index is -0.753. The van der Waals surface area contributed by atoms with Gasteiger partial charge in [-0.1, -0.05) is 50.3 Å². The van der Waals surface area contributed by atoms with Gasteiger partial charge in [-0.25, -0.2) is 0 Å². The molecule has 1 N–H and O–H groups in total. The largest absolute Gasteiger partial charge is 0.348 e. The summed E-state index contributed by atoms with van der Waals surface area (Å²) in [6.45, 7) is 7.95. The van der Waals surface area contributed by atoms with E-state index in [2.05, 4.69) is 5.32 Å². The third kappa shape index (κ3) is 3.89. The highest BCUT2D eigenvalue weighted by molar-refractivity contribution is 6.08. The Kier molecular flexibility index (Phi) is 6.01. The third-order valence-corrected chi connectivity index (χ3v) is 5.86. The van der Waals surface area contributed by atoms with Crippen LogP contribution in [0, 0.1) is 24.7 Å². The fourth-order valence-electron chi connectivity index (χ4n) is 4.37. The Morgan fingerprint density at radius 1 is 1.07 bits per heavy atom. The summed E-state index contributed by atoms with van der Waals surface area (Å²) in [5, 5.41) is 3.04. The van der Waals surface area contributed by atoms with Gasteiger partial charge in [-0.05, 0) is 50.2 Å². The van der Waals surface area contributed by atoms with Crippen LogP contribution < -0.4 is 5.32 Å². The first-order valence-corrected chi connectivity index (χ1v) is 10.2. The van der Waals surface area contributed by atoms with Gasteiger partial charge in [-0.15, -0.1) is 0 Å². The van der Waals surface area contributed by atoms with Gasteiger partial charge in [0.1, 0.15) is 6.04 Å². The maximum Gasteiger partial charge on any atom is 0.243 e. The average molecular weight is 383 g/mol. The van der Waals surface area contributed by atoms with Crippen molar-refractivity contribution in [1.29, 1.82) is 0 Å². The normalized spacial score (nSPS) is 23.7. The monoisotopic (exact) mass is 382 g/mol. The number of carbonyl (C=O) groups excluding carboxylic acids is 3. The molecule has 1 aromatic rings. The van der Waals surface area contributed by atoms with Crippen molar-refractivity contribution in [2.45, 2.75) is 59.0 Å². The van der Waals surface area contributed by atoms with Crippen molar-refractivity contribution in [3.8, 4) is 0 Å². The van der Waals surface area contributed by atoms with Crippen LogP contribution in [0.1, 0.15) is 57.2 Å². The van der Waals surface area contributed by atoms with Crippen LogP contribution in [0.4, 0.5) is 0 Å². The van der Waals surface area contributed by atoms with Crippen molar-refractivity contribution in [2.24, 2.45) is 17.8 Å². The molecule has 5 heteroatoms. The van der Waals surface area contributed by atoms with Crippen molar-refractivity contribution in [2.75, 3.05) is 0 Å². The van der Waals surface area contributed by atoms with Gasteiger partial charge in [0.05, 0.1) is 17.9 Å². The van der Waals surface area contributed by atoms with E-state index < -0.39 is 6.04 Å². The lowest BCUT2D eigenvalue weighted by atomic mass is 9.85. The molecule has 3 rings (SSSR count). The van der Waals surface area contributed by atoms with Gasteiger partial charge in [-0.3, -0.25) is 19.3 Å². The molecule has 4 unspecified atom stereocenters. The maximum absolute atomic E-state index is 13.2. The van der Waals surface area contributed by atoms with Crippen LogP contribution in [0.15, 0.2) is 36.4 Å². The molecule has 28 heavy (non-hydrogen) atoms. The average Bonchev–Trinajstić information content (AvgIpc) is 2.91. The summed E-state index contributed by atoms with van der Waals surface area (Å²) in [6, 6.07) is 6.96. The second-order valence-electron chi connectivity index (χ2n) is 8.43. The van der Waals surface area contributed by atoms with Crippen molar-refractivity contribution in [3.05, 3.63) is 47.5 Å². The predicted molar refractivity (Wildman–Crippen MR) is 108 cm³/mol. The molecule has 1 aromatic carbocycles. The molecule has 3 amide bonds. The number of aryl methyl sites for hydroxylation is 1. The molecule has 1 heterocycles. The van der Waals surface area contributed by atoms with Crippen LogP contribution in [0.2, 0.25) is 0 Å². The first-order valence-electron chi connectivity index (χ1n) is 10.2. The van der Waals surface area contributed by atoms with E-state index in [0.29, 0.717) is 19.3 Å². The predicted octanol–water partition coefficient (Wildman–Crippen LogP) is 3.54. The summed E-state index contributed by atoms with van der Waals surface area (Å²) in [5.41, 5.74) is 2.14. The molecule has 150 valence electrons. The highest BCUT2D eigenvalue weighted by Crippen LogP contribution is 2.37. The topological polar surface area (TPSA) is 66.5 Å². The van der Waals surface area contributed by atoms with E-state index in [1.165, 1.54) is 4.90 Å². The van der Waals surface area contributed by atoms with E-state index >= 15 is 0 Å². The summed E-state index contributed by atoms with van der Waals surface area (Å²) in [5.74, 6) is -1.07. The number of fused-ring (bicyclic) bond motifs is 1. The van der Waals surface area contributed by atoms with Crippen LogP contribution in [-0.4, -0.2) is 28.7 Å². The SMILES string of the molecule is Cc1ccccc1C(C)NC(=O)C(CC(C)C)N1C(=O)C2CC=CCC2C1=O. The third-order valence-electron chi connectivity index (χ3n) is 5.86. The first kappa shape index (κ1) is 20.3. The maximum atomic E-state index is 13.2.